The Morgan fingerprint density at radius 3 is 2.38 bits per heavy atom. The monoisotopic (exact) mass is 550 g/mol. The first kappa shape index (κ1) is 29.5. The van der Waals surface area contributed by atoms with Crippen LogP contribution in [0.4, 0.5) is 10.2 Å². The van der Waals surface area contributed by atoms with E-state index in [1.807, 2.05) is 0 Å². The highest BCUT2D eigenvalue weighted by Gasteiger charge is 2.40. The molecule has 1 saturated heterocycles. The third-order valence-corrected chi connectivity index (χ3v) is 6.05. The van der Waals surface area contributed by atoms with Crippen molar-refractivity contribution in [3.63, 3.8) is 0 Å². The maximum absolute atomic E-state index is 15.0. The number of benzene rings is 1. The smallest absolute Gasteiger partial charge is 0.352 e. The predicted molar refractivity (Wildman–Crippen MR) is 135 cm³/mol. The van der Waals surface area contributed by atoms with E-state index >= 15 is 0 Å². The molecule has 1 amide bonds. The number of anilines is 1. The second-order valence-corrected chi connectivity index (χ2v) is 8.94. The van der Waals surface area contributed by atoms with E-state index in [-0.39, 0.29) is 40.9 Å². The molecule has 2 aromatic rings. The maximum Gasteiger partial charge on any atom is 0.352 e. The number of carbonyl (C=O) groups is 2. The van der Waals surface area contributed by atoms with Crippen LogP contribution in [0.5, 0.6) is 17.2 Å². The van der Waals surface area contributed by atoms with Crippen LogP contribution < -0.4 is 31.0 Å². The number of aliphatic hydroxyl groups excluding tert-OH is 1. The van der Waals surface area contributed by atoms with Gasteiger partial charge in [-0.1, -0.05) is 20.4 Å². The molecule has 1 aliphatic rings. The fraction of sp³-hybridized carbons (Fsp3) is 0.440. The summed E-state index contributed by atoms with van der Waals surface area (Å²) in [6, 6.07) is 1.81. The summed E-state index contributed by atoms with van der Waals surface area (Å²) >= 11 is 0. The molecule has 1 aliphatic heterocycles. The Morgan fingerprint density at radius 2 is 1.85 bits per heavy atom. The molecule has 13 nitrogen and oxygen atoms in total. The number of nitrogens with two attached hydrogens (primary N) is 1. The van der Waals surface area contributed by atoms with Crippen LogP contribution in [0.1, 0.15) is 30.4 Å². The van der Waals surface area contributed by atoms with Crippen molar-refractivity contribution in [1.82, 2.24) is 9.55 Å². The molecule has 0 spiro atoms. The van der Waals surface area contributed by atoms with E-state index in [1.165, 1.54) is 33.5 Å². The number of hydrogen-bond donors (Lipinski definition) is 3. The lowest BCUT2D eigenvalue weighted by atomic mass is 10.1. The largest absolute Gasteiger partial charge is 0.493 e. The number of esters is 1. The summed E-state index contributed by atoms with van der Waals surface area (Å²) in [4.78, 5) is 41.2. The normalized spacial score (nSPS) is 19.5. The SMILES string of the molecule is C=C1[C@H](n2cc(F)c(NC(=O)c3cc(OC)c(OC)c(OC)c3)nc2=O)O[C@H](COC(=O)[C@@H](N)C(C)C)[C@H]1O. The molecule has 4 atom stereocenters. The first-order valence-electron chi connectivity index (χ1n) is 11.8. The van der Waals surface area contributed by atoms with E-state index in [0.717, 1.165) is 10.8 Å². The van der Waals surface area contributed by atoms with Crippen molar-refractivity contribution < 1.29 is 42.8 Å². The van der Waals surface area contributed by atoms with Gasteiger partial charge in [0.25, 0.3) is 5.91 Å². The molecule has 0 radical (unpaired) electrons. The van der Waals surface area contributed by atoms with Crippen molar-refractivity contribution in [2.24, 2.45) is 11.7 Å². The van der Waals surface area contributed by atoms with E-state index in [9.17, 15) is 23.9 Å². The van der Waals surface area contributed by atoms with Gasteiger partial charge >= 0.3 is 11.7 Å². The summed E-state index contributed by atoms with van der Waals surface area (Å²) < 4.78 is 42.1. The van der Waals surface area contributed by atoms with E-state index in [2.05, 4.69) is 16.9 Å². The predicted octanol–water partition coefficient (Wildman–Crippen LogP) is 1.00. The molecule has 0 bridgehead atoms. The Bertz CT molecular complexity index is 1290. The van der Waals surface area contributed by atoms with Crippen molar-refractivity contribution in [2.75, 3.05) is 33.3 Å². The van der Waals surface area contributed by atoms with E-state index < -0.39 is 53.7 Å². The van der Waals surface area contributed by atoms with Crippen molar-refractivity contribution in [3.05, 3.63) is 52.3 Å². The van der Waals surface area contributed by atoms with Gasteiger partial charge in [0.05, 0.1) is 27.5 Å². The number of carbonyl (C=O) groups excluding carboxylic acids is 2. The van der Waals surface area contributed by atoms with Gasteiger partial charge in [-0.05, 0) is 18.1 Å². The molecular weight excluding hydrogens is 519 g/mol. The Balaban J connectivity index is 1.78. The molecule has 3 rings (SSSR count). The van der Waals surface area contributed by atoms with Crippen LogP contribution in [0.15, 0.2) is 35.3 Å². The van der Waals surface area contributed by atoms with Gasteiger partial charge in [-0.25, -0.2) is 9.18 Å². The van der Waals surface area contributed by atoms with Gasteiger partial charge in [0.1, 0.15) is 24.9 Å². The molecule has 2 heterocycles. The molecule has 4 N–H and O–H groups in total. The van der Waals surface area contributed by atoms with Gasteiger partial charge in [-0.3, -0.25) is 14.2 Å². The lowest BCUT2D eigenvalue weighted by Crippen LogP contribution is -2.39. The molecule has 14 heteroatoms. The average molecular weight is 551 g/mol. The molecule has 1 fully saturated rings. The van der Waals surface area contributed by atoms with Crippen LogP contribution in [0.2, 0.25) is 0 Å². The summed E-state index contributed by atoms with van der Waals surface area (Å²) in [5.41, 5.74) is 4.77. The van der Waals surface area contributed by atoms with Gasteiger partial charge in [-0.2, -0.15) is 4.98 Å². The van der Waals surface area contributed by atoms with Crippen LogP contribution in [0.3, 0.4) is 0 Å². The topological polar surface area (TPSA) is 173 Å². The number of aromatic nitrogens is 2. The molecular formula is C25H31FN4O9. The minimum absolute atomic E-state index is 0.0140. The van der Waals surface area contributed by atoms with E-state index in [4.69, 9.17) is 29.4 Å². The fourth-order valence-electron chi connectivity index (χ4n) is 3.71. The van der Waals surface area contributed by atoms with Crippen LogP contribution in [0, 0.1) is 11.7 Å². The highest BCUT2D eigenvalue weighted by Crippen LogP contribution is 2.38. The summed E-state index contributed by atoms with van der Waals surface area (Å²) in [6.07, 6.45) is -2.96. The van der Waals surface area contributed by atoms with Gasteiger partial charge in [0.15, 0.2) is 29.4 Å². The standard InChI is InChI=1S/C25H31FN4O9/c1-11(2)18(27)24(33)38-10-17-19(31)12(3)23(39-17)30-9-14(26)21(29-25(30)34)28-22(32)13-7-15(35-4)20(37-6)16(8-13)36-5/h7-9,11,17-19,23,31H,3,10,27H2,1-2,4-6H3,(H,28,29,32,34)/t17-,18+,19+,23-/m1/s1. The second-order valence-electron chi connectivity index (χ2n) is 8.94. The zero-order valence-electron chi connectivity index (χ0n) is 22.1. The Hall–Kier alpha value is -4.01. The number of nitrogens with one attached hydrogen (secondary N) is 1. The van der Waals surface area contributed by atoms with Gasteiger partial charge in [0.2, 0.25) is 5.75 Å². The van der Waals surface area contributed by atoms with Gasteiger partial charge in [-0.15, -0.1) is 0 Å². The number of nitrogens with zero attached hydrogens (tertiary/aromatic N) is 2. The Labute approximate surface area is 223 Å². The third-order valence-electron chi connectivity index (χ3n) is 6.05. The van der Waals surface area contributed by atoms with Crippen molar-refractivity contribution in [1.29, 1.82) is 0 Å². The summed E-state index contributed by atoms with van der Waals surface area (Å²) in [7, 11) is 4.13. The van der Waals surface area contributed by atoms with Crippen LogP contribution in [-0.4, -0.2) is 72.7 Å². The summed E-state index contributed by atoms with van der Waals surface area (Å²) in [5.74, 6) is -2.76. The zero-order valence-corrected chi connectivity index (χ0v) is 22.1. The minimum atomic E-state index is -1.33. The first-order chi connectivity index (χ1) is 18.4. The highest BCUT2D eigenvalue weighted by atomic mass is 19.1. The van der Waals surface area contributed by atoms with E-state index in [1.54, 1.807) is 13.8 Å². The van der Waals surface area contributed by atoms with Gasteiger partial charge < -0.3 is 39.8 Å². The van der Waals surface area contributed by atoms with Crippen LogP contribution >= 0.6 is 0 Å². The number of aliphatic hydroxyl groups is 1. The lowest BCUT2D eigenvalue weighted by molar-refractivity contribution is -0.152. The first-order valence-corrected chi connectivity index (χ1v) is 11.8. The third kappa shape index (κ3) is 6.19. The number of amides is 1. The Morgan fingerprint density at radius 1 is 1.23 bits per heavy atom. The molecule has 1 aromatic carbocycles. The maximum atomic E-state index is 15.0. The molecule has 212 valence electrons. The number of methoxy groups -OCH3 is 3. The number of ether oxygens (including phenoxy) is 5. The van der Waals surface area contributed by atoms with Gasteiger partial charge in [0, 0.05) is 11.1 Å². The van der Waals surface area contributed by atoms with Crippen LogP contribution in [-0.2, 0) is 14.3 Å². The van der Waals surface area contributed by atoms with Crippen LogP contribution in [0.25, 0.3) is 0 Å². The van der Waals surface area contributed by atoms with Crippen molar-refractivity contribution >= 4 is 17.7 Å². The average Bonchev–Trinajstić information content (AvgIpc) is 3.20. The molecule has 39 heavy (non-hydrogen) atoms. The Kier molecular flexibility index (Phi) is 9.27. The quantitative estimate of drug-likeness (QED) is 0.284. The summed E-state index contributed by atoms with van der Waals surface area (Å²) in [6.45, 7) is 6.83. The molecule has 0 aliphatic carbocycles. The summed E-state index contributed by atoms with van der Waals surface area (Å²) in [5, 5.41) is 12.7. The molecule has 0 saturated carbocycles. The number of halogens is 1. The minimum Gasteiger partial charge on any atom is -0.493 e. The molecule has 1 aromatic heterocycles. The second kappa shape index (κ2) is 12.2. The fourth-order valence-corrected chi connectivity index (χ4v) is 3.71. The van der Waals surface area contributed by atoms with Crippen molar-refractivity contribution in [2.45, 2.75) is 38.3 Å². The van der Waals surface area contributed by atoms with E-state index in [0.29, 0.717) is 0 Å². The lowest BCUT2D eigenvalue weighted by Gasteiger charge is -2.18. The zero-order chi connectivity index (χ0) is 29.0. The number of hydrogen-bond acceptors (Lipinski definition) is 11. The number of rotatable bonds is 10. The van der Waals surface area contributed by atoms with Crippen molar-refractivity contribution in [3.8, 4) is 17.2 Å². The molecule has 0 unspecified atom stereocenters. The highest BCUT2D eigenvalue weighted by molar-refractivity contribution is 6.04.